The van der Waals surface area contributed by atoms with Crippen molar-refractivity contribution in [3.63, 3.8) is 0 Å². The summed E-state index contributed by atoms with van der Waals surface area (Å²) in [5.41, 5.74) is 1.90. The highest BCUT2D eigenvalue weighted by Gasteiger charge is 2.21. The molecule has 0 saturated heterocycles. The average Bonchev–Trinajstić information content (AvgIpc) is 3.22. The zero-order valence-electron chi connectivity index (χ0n) is 17.7. The summed E-state index contributed by atoms with van der Waals surface area (Å²) in [5, 5.41) is 7.94. The maximum Gasteiger partial charge on any atom is 0.247 e. The van der Waals surface area contributed by atoms with E-state index in [9.17, 15) is 4.79 Å². The van der Waals surface area contributed by atoms with Crippen LogP contribution in [0.5, 0.6) is 11.5 Å². The Balaban J connectivity index is 1.64. The zero-order valence-corrected chi connectivity index (χ0v) is 18.5. The third-order valence-corrected chi connectivity index (χ3v) is 5.63. The van der Waals surface area contributed by atoms with Crippen LogP contribution < -0.4 is 9.47 Å². The normalized spacial score (nSPS) is 11.8. The molecule has 3 rings (SSSR count). The van der Waals surface area contributed by atoms with E-state index < -0.39 is 0 Å². The number of carbonyl (C=O) groups excluding carboxylic acids is 1. The van der Waals surface area contributed by atoms with Gasteiger partial charge in [0.15, 0.2) is 11.5 Å². The van der Waals surface area contributed by atoms with Crippen molar-refractivity contribution in [1.29, 1.82) is 0 Å². The molecule has 3 aromatic rings. The maximum atomic E-state index is 12.7. The number of rotatable bonds is 8. The number of ether oxygens (including phenoxy) is 2. The molecule has 0 spiro atoms. The van der Waals surface area contributed by atoms with E-state index in [4.69, 9.17) is 13.9 Å². The van der Waals surface area contributed by atoms with E-state index in [0.717, 1.165) is 4.90 Å². The van der Waals surface area contributed by atoms with E-state index in [1.54, 1.807) is 38.3 Å². The second kappa shape index (κ2) is 9.67. The predicted molar refractivity (Wildman–Crippen MR) is 116 cm³/mol. The molecule has 0 aliphatic carbocycles. The van der Waals surface area contributed by atoms with Gasteiger partial charge in [0, 0.05) is 17.5 Å². The van der Waals surface area contributed by atoms with E-state index in [0.29, 0.717) is 28.8 Å². The Bertz CT molecular complexity index is 1000. The lowest BCUT2D eigenvalue weighted by molar-refractivity contribution is -0.129. The van der Waals surface area contributed by atoms with E-state index in [-0.39, 0.29) is 17.7 Å². The summed E-state index contributed by atoms with van der Waals surface area (Å²) in [6.45, 7) is 4.17. The standard InChI is InChI=1S/C22H25N3O4S/c1-14-6-9-17(10-7-14)30-15(2)22(26)25(3)13-20-23-24-21(29-20)16-8-11-18(27-4)19(12-16)28-5/h6-12,15H,13H2,1-5H3/t15-/m1/s1. The summed E-state index contributed by atoms with van der Waals surface area (Å²) >= 11 is 1.53. The molecule has 0 bridgehead atoms. The molecule has 0 N–H and O–H groups in total. The van der Waals surface area contributed by atoms with Gasteiger partial charge in [-0.2, -0.15) is 0 Å². The molecule has 0 aliphatic heterocycles. The summed E-state index contributed by atoms with van der Waals surface area (Å²) < 4.78 is 16.3. The van der Waals surface area contributed by atoms with Crippen molar-refractivity contribution in [2.24, 2.45) is 0 Å². The van der Waals surface area contributed by atoms with Gasteiger partial charge in [-0.1, -0.05) is 17.7 Å². The first-order valence-electron chi connectivity index (χ1n) is 9.44. The van der Waals surface area contributed by atoms with Crippen molar-refractivity contribution < 1.29 is 18.7 Å². The summed E-state index contributed by atoms with van der Waals surface area (Å²) in [5.74, 6) is 1.90. The summed E-state index contributed by atoms with van der Waals surface area (Å²) in [6.07, 6.45) is 0. The van der Waals surface area contributed by atoms with Gasteiger partial charge in [0.1, 0.15) is 0 Å². The van der Waals surface area contributed by atoms with Gasteiger partial charge in [0.2, 0.25) is 17.7 Å². The molecule has 7 nitrogen and oxygen atoms in total. The smallest absolute Gasteiger partial charge is 0.247 e. The molecule has 1 atom stereocenters. The molecular formula is C22H25N3O4S. The molecule has 30 heavy (non-hydrogen) atoms. The van der Waals surface area contributed by atoms with Gasteiger partial charge in [-0.3, -0.25) is 4.79 Å². The number of thioether (sulfide) groups is 1. The molecule has 0 radical (unpaired) electrons. The number of aryl methyl sites for hydroxylation is 1. The minimum absolute atomic E-state index is 0.00792. The fourth-order valence-corrected chi connectivity index (χ4v) is 3.85. The quantitative estimate of drug-likeness (QED) is 0.499. The molecule has 0 aliphatic rings. The van der Waals surface area contributed by atoms with Crippen molar-refractivity contribution >= 4 is 17.7 Å². The molecule has 2 aromatic carbocycles. The number of aromatic nitrogens is 2. The van der Waals surface area contributed by atoms with Crippen LogP contribution in [0, 0.1) is 6.92 Å². The van der Waals surface area contributed by atoms with E-state index in [1.807, 2.05) is 44.2 Å². The number of carbonyl (C=O) groups is 1. The Hall–Kier alpha value is -3.00. The van der Waals surface area contributed by atoms with Gasteiger partial charge in [-0.15, -0.1) is 22.0 Å². The van der Waals surface area contributed by atoms with E-state index in [1.165, 1.54) is 17.3 Å². The Morgan fingerprint density at radius 3 is 2.47 bits per heavy atom. The fraction of sp³-hybridized carbons (Fsp3) is 0.318. The highest BCUT2D eigenvalue weighted by molar-refractivity contribution is 8.00. The van der Waals surface area contributed by atoms with Crippen LogP contribution in [-0.2, 0) is 11.3 Å². The van der Waals surface area contributed by atoms with Crippen LogP contribution in [-0.4, -0.2) is 47.5 Å². The third-order valence-electron chi connectivity index (χ3n) is 4.53. The molecule has 0 unspecified atom stereocenters. The van der Waals surface area contributed by atoms with Crippen molar-refractivity contribution in [2.45, 2.75) is 30.5 Å². The summed E-state index contributed by atoms with van der Waals surface area (Å²) in [7, 11) is 4.87. The Labute approximate surface area is 180 Å². The minimum Gasteiger partial charge on any atom is -0.493 e. The minimum atomic E-state index is -0.231. The van der Waals surface area contributed by atoms with Gasteiger partial charge in [0.25, 0.3) is 0 Å². The topological polar surface area (TPSA) is 77.7 Å². The Morgan fingerprint density at radius 2 is 1.80 bits per heavy atom. The lowest BCUT2D eigenvalue weighted by Gasteiger charge is -2.19. The number of hydrogen-bond acceptors (Lipinski definition) is 7. The second-order valence-corrected chi connectivity index (χ2v) is 8.25. The van der Waals surface area contributed by atoms with Crippen LogP contribution in [0.15, 0.2) is 51.8 Å². The lowest BCUT2D eigenvalue weighted by atomic mass is 10.2. The van der Waals surface area contributed by atoms with Gasteiger partial charge in [-0.25, -0.2) is 0 Å². The molecule has 158 valence electrons. The van der Waals surface area contributed by atoms with Crippen molar-refractivity contribution in [2.75, 3.05) is 21.3 Å². The SMILES string of the molecule is COc1ccc(-c2nnc(CN(C)C(=O)[C@@H](C)Sc3ccc(C)cc3)o2)cc1OC. The van der Waals surface area contributed by atoms with Crippen molar-refractivity contribution in [3.8, 4) is 23.0 Å². The van der Waals surface area contributed by atoms with Crippen LogP contribution in [0.3, 0.4) is 0 Å². The van der Waals surface area contributed by atoms with Gasteiger partial charge >= 0.3 is 0 Å². The average molecular weight is 428 g/mol. The van der Waals surface area contributed by atoms with Gasteiger partial charge in [0.05, 0.1) is 26.0 Å². The van der Waals surface area contributed by atoms with Crippen LogP contribution in [0.4, 0.5) is 0 Å². The number of nitrogens with zero attached hydrogens (tertiary/aromatic N) is 3. The molecule has 1 heterocycles. The highest BCUT2D eigenvalue weighted by atomic mass is 32.2. The molecule has 0 fully saturated rings. The second-order valence-electron chi connectivity index (χ2n) is 6.84. The van der Waals surface area contributed by atoms with Crippen LogP contribution >= 0.6 is 11.8 Å². The third kappa shape index (κ3) is 5.13. The number of amides is 1. The predicted octanol–water partition coefficient (Wildman–Crippen LogP) is 4.20. The molecule has 1 aromatic heterocycles. The van der Waals surface area contributed by atoms with Crippen molar-refractivity contribution in [3.05, 3.63) is 53.9 Å². The zero-order chi connectivity index (χ0) is 21.7. The molecular weight excluding hydrogens is 402 g/mol. The first kappa shape index (κ1) is 21.7. The largest absolute Gasteiger partial charge is 0.493 e. The summed E-state index contributed by atoms with van der Waals surface area (Å²) in [6, 6.07) is 13.5. The van der Waals surface area contributed by atoms with Crippen LogP contribution in [0.25, 0.3) is 11.5 Å². The monoisotopic (exact) mass is 427 g/mol. The first-order chi connectivity index (χ1) is 14.4. The Morgan fingerprint density at radius 1 is 1.10 bits per heavy atom. The first-order valence-corrected chi connectivity index (χ1v) is 10.3. The van der Waals surface area contributed by atoms with Crippen LogP contribution in [0.1, 0.15) is 18.4 Å². The van der Waals surface area contributed by atoms with Crippen molar-refractivity contribution in [1.82, 2.24) is 15.1 Å². The highest BCUT2D eigenvalue weighted by Crippen LogP contribution is 2.32. The Kier molecular flexibility index (Phi) is 6.99. The molecule has 8 heteroatoms. The van der Waals surface area contributed by atoms with Crippen LogP contribution in [0.2, 0.25) is 0 Å². The summed E-state index contributed by atoms with van der Waals surface area (Å²) in [4.78, 5) is 15.4. The maximum absolute atomic E-state index is 12.7. The fourth-order valence-electron chi connectivity index (χ4n) is 2.87. The molecule has 1 amide bonds. The van der Waals surface area contributed by atoms with E-state index >= 15 is 0 Å². The number of benzene rings is 2. The van der Waals surface area contributed by atoms with E-state index in [2.05, 4.69) is 10.2 Å². The van der Waals surface area contributed by atoms with Gasteiger partial charge in [-0.05, 0) is 44.2 Å². The van der Waals surface area contributed by atoms with Gasteiger partial charge < -0.3 is 18.8 Å². The number of hydrogen-bond donors (Lipinski definition) is 0. The number of methoxy groups -OCH3 is 2. The lowest BCUT2D eigenvalue weighted by Crippen LogP contribution is -2.32. The molecule has 0 saturated carbocycles.